The van der Waals surface area contributed by atoms with E-state index in [2.05, 4.69) is 30.9 Å². The highest BCUT2D eigenvalue weighted by Gasteiger charge is 2.39. The highest BCUT2D eigenvalue weighted by atomic mass is 19.4. The molecule has 9 nitrogen and oxygen atoms in total. The molecule has 2 heterocycles. The summed E-state index contributed by atoms with van der Waals surface area (Å²) < 4.78 is 41.6. The minimum atomic E-state index is -4.80. The molecule has 2 aromatic carbocycles. The van der Waals surface area contributed by atoms with Crippen LogP contribution in [0.4, 0.5) is 13.2 Å². The summed E-state index contributed by atoms with van der Waals surface area (Å²) in [6.45, 7) is 0.0786. The number of nitrogens with zero attached hydrogens (tertiary/aromatic N) is 4. The first kappa shape index (κ1) is 27.1. The molecule has 5 rings (SSSR count). The number of carbonyl (C=O) groups is 2. The molecule has 3 N–H and O–H groups in total. The number of aromatic nitrogens is 5. The second-order valence-electron chi connectivity index (χ2n) is 9.69. The van der Waals surface area contributed by atoms with Crippen LogP contribution < -0.4 is 10.6 Å². The van der Waals surface area contributed by atoms with Gasteiger partial charge in [0.1, 0.15) is 5.82 Å². The number of alkyl halides is 3. The normalized spacial score (nSPS) is 17.4. The molecule has 12 heteroatoms. The molecule has 0 spiro atoms. The maximum Gasteiger partial charge on any atom is 0.435 e. The average Bonchev–Trinajstić information content (AvgIpc) is 3.65. The van der Waals surface area contributed by atoms with Gasteiger partial charge in [-0.15, -0.1) is 10.2 Å². The van der Waals surface area contributed by atoms with Gasteiger partial charge in [-0.05, 0) is 37.8 Å². The van der Waals surface area contributed by atoms with Gasteiger partial charge in [0.05, 0.1) is 11.3 Å². The van der Waals surface area contributed by atoms with Crippen molar-refractivity contribution in [1.82, 2.24) is 35.6 Å². The Labute approximate surface area is 228 Å². The van der Waals surface area contributed by atoms with Gasteiger partial charge < -0.3 is 15.6 Å². The van der Waals surface area contributed by atoms with E-state index in [1.165, 1.54) is 0 Å². The first-order chi connectivity index (χ1) is 19.3. The van der Waals surface area contributed by atoms with E-state index >= 15 is 0 Å². The Balaban J connectivity index is 1.09. The maximum atomic E-state index is 13.5. The Morgan fingerprint density at radius 3 is 2.23 bits per heavy atom. The number of aromatic amines is 1. The van der Waals surface area contributed by atoms with E-state index in [9.17, 15) is 22.8 Å². The fourth-order valence-electron chi connectivity index (χ4n) is 4.88. The van der Waals surface area contributed by atoms with Gasteiger partial charge in [0.25, 0.3) is 5.91 Å². The van der Waals surface area contributed by atoms with Crippen molar-refractivity contribution in [2.75, 3.05) is 13.1 Å². The Morgan fingerprint density at radius 1 is 0.900 bits per heavy atom. The van der Waals surface area contributed by atoms with Crippen molar-refractivity contribution in [3.63, 3.8) is 0 Å². The standard InChI is InChI=1S/C28H28F3N7O2/c29-28(30,31)23-22(17-38(37-23)21-9-5-2-6-10-21)27(40)33-16-15-32-26(39)20-13-11-19(12-14-20)25-34-24(35-36-25)18-7-3-1-4-8-18/h1-10,17,19-20H,11-16H2,(H,32,39)(H,33,40)(H,34,35,36)/t19-,20-. The molecule has 0 bridgehead atoms. The number of benzene rings is 2. The van der Waals surface area contributed by atoms with Crippen molar-refractivity contribution in [3.05, 3.63) is 83.9 Å². The number of hydrogen-bond donors (Lipinski definition) is 3. The van der Waals surface area contributed by atoms with Crippen molar-refractivity contribution in [2.24, 2.45) is 5.92 Å². The summed E-state index contributed by atoms with van der Waals surface area (Å²) in [5, 5.41) is 17.4. The summed E-state index contributed by atoms with van der Waals surface area (Å²) in [5.41, 5.74) is -0.490. The molecule has 1 aliphatic rings. The second kappa shape index (κ2) is 11.7. The molecular formula is C28H28F3N7O2. The molecule has 4 aromatic rings. The van der Waals surface area contributed by atoms with Crippen molar-refractivity contribution in [2.45, 2.75) is 37.8 Å². The summed E-state index contributed by atoms with van der Waals surface area (Å²) >= 11 is 0. The summed E-state index contributed by atoms with van der Waals surface area (Å²) in [6, 6.07) is 18.0. The van der Waals surface area contributed by atoms with Gasteiger partial charge in [0.15, 0.2) is 11.5 Å². The van der Waals surface area contributed by atoms with Gasteiger partial charge in [-0.1, -0.05) is 48.5 Å². The number of nitrogens with one attached hydrogen (secondary N) is 3. The van der Waals surface area contributed by atoms with Crippen LogP contribution in [0.2, 0.25) is 0 Å². The topological polar surface area (TPSA) is 118 Å². The monoisotopic (exact) mass is 551 g/mol. The minimum Gasteiger partial charge on any atom is -0.354 e. The third kappa shape index (κ3) is 6.22. The molecule has 2 aromatic heterocycles. The molecule has 1 fully saturated rings. The zero-order valence-electron chi connectivity index (χ0n) is 21.5. The first-order valence-corrected chi connectivity index (χ1v) is 13.1. The van der Waals surface area contributed by atoms with E-state index in [1.807, 2.05) is 30.3 Å². The lowest BCUT2D eigenvalue weighted by Crippen LogP contribution is -2.38. The van der Waals surface area contributed by atoms with E-state index in [0.717, 1.165) is 35.1 Å². The number of carbonyl (C=O) groups excluding carboxylic acids is 2. The van der Waals surface area contributed by atoms with Crippen LogP contribution in [0, 0.1) is 5.92 Å². The lowest BCUT2D eigenvalue weighted by molar-refractivity contribution is -0.141. The summed E-state index contributed by atoms with van der Waals surface area (Å²) in [6.07, 6.45) is -0.820. The molecule has 1 aliphatic carbocycles. The van der Waals surface area contributed by atoms with Crippen molar-refractivity contribution in [3.8, 4) is 17.1 Å². The molecular weight excluding hydrogens is 523 g/mol. The number of halogens is 3. The summed E-state index contributed by atoms with van der Waals surface area (Å²) in [4.78, 5) is 28.5. The first-order valence-electron chi connectivity index (χ1n) is 13.1. The smallest absolute Gasteiger partial charge is 0.354 e. The Bertz CT molecular complexity index is 1440. The van der Waals surface area contributed by atoms with Crippen LogP contribution in [0.25, 0.3) is 17.1 Å². The minimum absolute atomic E-state index is 0.0198. The molecule has 1 saturated carbocycles. The number of rotatable bonds is 8. The molecule has 208 valence electrons. The van der Waals surface area contributed by atoms with Crippen LogP contribution >= 0.6 is 0 Å². The molecule has 0 radical (unpaired) electrons. The highest BCUT2D eigenvalue weighted by molar-refractivity contribution is 5.95. The van der Waals surface area contributed by atoms with Crippen molar-refractivity contribution < 1.29 is 22.8 Å². The fourth-order valence-corrected chi connectivity index (χ4v) is 4.88. The van der Waals surface area contributed by atoms with Gasteiger partial charge in [-0.2, -0.15) is 18.3 Å². The quantitative estimate of drug-likeness (QED) is 0.279. The lowest BCUT2D eigenvalue weighted by atomic mass is 9.81. The number of amides is 2. The Kier molecular flexibility index (Phi) is 7.94. The predicted octanol–water partition coefficient (Wildman–Crippen LogP) is 4.50. The van der Waals surface area contributed by atoms with Crippen LogP contribution in [-0.2, 0) is 11.0 Å². The predicted molar refractivity (Wildman–Crippen MR) is 140 cm³/mol. The van der Waals surface area contributed by atoms with Crippen LogP contribution in [-0.4, -0.2) is 49.9 Å². The third-order valence-corrected chi connectivity index (χ3v) is 6.99. The van der Waals surface area contributed by atoms with Crippen LogP contribution in [0.1, 0.15) is 53.5 Å². The molecule has 40 heavy (non-hydrogen) atoms. The number of hydrogen-bond acceptors (Lipinski definition) is 5. The summed E-state index contributed by atoms with van der Waals surface area (Å²) in [7, 11) is 0. The van der Waals surface area contributed by atoms with Crippen LogP contribution in [0.5, 0.6) is 0 Å². The van der Waals surface area contributed by atoms with Gasteiger partial charge in [-0.25, -0.2) is 4.68 Å². The van der Waals surface area contributed by atoms with E-state index in [0.29, 0.717) is 24.4 Å². The summed E-state index contributed by atoms with van der Waals surface area (Å²) in [5.74, 6) is 0.494. The van der Waals surface area contributed by atoms with Crippen molar-refractivity contribution >= 4 is 11.8 Å². The molecule has 0 aliphatic heterocycles. The second-order valence-corrected chi connectivity index (χ2v) is 9.69. The SMILES string of the molecule is O=C(NCCNC(=O)[C@H]1CC[C@H](c2nnc(-c3ccccc3)[nH]2)CC1)c1cn(-c2ccccc2)nc1C(F)(F)F. The van der Waals surface area contributed by atoms with Gasteiger partial charge in [-0.3, -0.25) is 9.59 Å². The maximum absolute atomic E-state index is 13.5. The number of para-hydroxylation sites is 1. The molecule has 0 saturated heterocycles. The van der Waals surface area contributed by atoms with E-state index in [-0.39, 0.29) is 30.8 Å². The highest BCUT2D eigenvalue weighted by Crippen LogP contribution is 2.35. The van der Waals surface area contributed by atoms with Crippen molar-refractivity contribution in [1.29, 1.82) is 0 Å². The van der Waals surface area contributed by atoms with Gasteiger partial charge >= 0.3 is 6.18 Å². The van der Waals surface area contributed by atoms with E-state index in [4.69, 9.17) is 0 Å². The average molecular weight is 552 g/mol. The Morgan fingerprint density at radius 2 is 1.55 bits per heavy atom. The van der Waals surface area contributed by atoms with E-state index < -0.39 is 23.3 Å². The number of H-pyrrole nitrogens is 1. The third-order valence-electron chi connectivity index (χ3n) is 6.99. The van der Waals surface area contributed by atoms with Crippen LogP contribution in [0.15, 0.2) is 66.9 Å². The van der Waals surface area contributed by atoms with Gasteiger partial charge in [0, 0.05) is 36.7 Å². The fraction of sp³-hybridized carbons (Fsp3) is 0.321. The zero-order valence-corrected chi connectivity index (χ0v) is 21.5. The van der Waals surface area contributed by atoms with Crippen LogP contribution in [0.3, 0.4) is 0 Å². The van der Waals surface area contributed by atoms with E-state index in [1.54, 1.807) is 30.3 Å². The van der Waals surface area contributed by atoms with Gasteiger partial charge in [0.2, 0.25) is 5.91 Å². The zero-order chi connectivity index (χ0) is 28.1. The largest absolute Gasteiger partial charge is 0.435 e. The Hall–Kier alpha value is -4.48. The lowest BCUT2D eigenvalue weighted by Gasteiger charge is -2.26. The molecule has 2 amide bonds. The molecule has 0 atom stereocenters. The molecule has 0 unspecified atom stereocenters.